The number of hydrogen-bond donors (Lipinski definition) is 1. The summed E-state index contributed by atoms with van der Waals surface area (Å²) in [5.41, 5.74) is 0.179. The summed E-state index contributed by atoms with van der Waals surface area (Å²) in [6.07, 6.45) is -0.247. The molecule has 0 spiro atoms. The van der Waals surface area contributed by atoms with Crippen molar-refractivity contribution in [1.29, 1.82) is 0 Å². The van der Waals surface area contributed by atoms with Crippen LogP contribution in [0.5, 0.6) is 0 Å². The summed E-state index contributed by atoms with van der Waals surface area (Å²) in [4.78, 5) is 25.0. The molecule has 0 aliphatic carbocycles. The van der Waals surface area contributed by atoms with Crippen LogP contribution in [0.1, 0.15) is 33.7 Å². The number of methoxy groups -OCH3 is 1. The summed E-state index contributed by atoms with van der Waals surface area (Å²) < 4.78 is 7.98. The van der Waals surface area contributed by atoms with E-state index in [1.165, 1.54) is 4.68 Å². The quantitative estimate of drug-likeness (QED) is 0.856. The van der Waals surface area contributed by atoms with Gasteiger partial charge in [-0.15, -0.1) is 0 Å². The highest BCUT2D eigenvalue weighted by Gasteiger charge is 2.31. The van der Waals surface area contributed by atoms with E-state index < -0.39 is 17.4 Å². The Morgan fingerprint density at radius 1 is 1.21 bits per heavy atom. The third-order valence-electron chi connectivity index (χ3n) is 4.11. The lowest BCUT2D eigenvalue weighted by atomic mass is 9.83. The summed E-state index contributed by atoms with van der Waals surface area (Å²) in [6, 6.07) is 8.42. The zero-order valence-corrected chi connectivity index (χ0v) is 14.9. The minimum absolute atomic E-state index is 0.175. The molecule has 0 bridgehead atoms. The molecule has 24 heavy (non-hydrogen) atoms. The minimum atomic E-state index is -0.476. The van der Waals surface area contributed by atoms with Gasteiger partial charge in [-0.1, -0.05) is 45.5 Å². The highest BCUT2D eigenvalue weighted by molar-refractivity contribution is 5.30. The second kappa shape index (κ2) is 6.65. The summed E-state index contributed by atoms with van der Waals surface area (Å²) >= 11 is 0. The minimum Gasteiger partial charge on any atom is -0.376 e. The van der Waals surface area contributed by atoms with Gasteiger partial charge in [-0.25, -0.2) is 23.9 Å². The molecule has 2 atom stereocenters. The van der Waals surface area contributed by atoms with E-state index in [1.54, 1.807) is 31.4 Å². The van der Waals surface area contributed by atoms with Crippen LogP contribution in [0.4, 0.5) is 0 Å². The zero-order chi connectivity index (χ0) is 18.1. The van der Waals surface area contributed by atoms with Crippen LogP contribution in [0.15, 0.2) is 52.1 Å². The van der Waals surface area contributed by atoms with E-state index in [0.29, 0.717) is 5.69 Å². The van der Waals surface area contributed by atoms with Crippen LogP contribution in [-0.2, 0) is 4.74 Å². The van der Waals surface area contributed by atoms with Crippen LogP contribution < -0.4 is 11.4 Å². The van der Waals surface area contributed by atoms with Crippen LogP contribution in [0.2, 0.25) is 0 Å². The molecule has 2 rings (SSSR count). The van der Waals surface area contributed by atoms with E-state index in [-0.39, 0.29) is 11.5 Å². The summed E-state index contributed by atoms with van der Waals surface area (Å²) in [5.74, 6) is 0. The van der Waals surface area contributed by atoms with Crippen LogP contribution in [-0.4, -0.2) is 27.6 Å². The maximum atomic E-state index is 12.7. The Morgan fingerprint density at radius 2 is 1.79 bits per heavy atom. The molecular formula is C18H25N3O3. The Bertz CT molecular complexity index is 822. The molecule has 6 heteroatoms. The van der Waals surface area contributed by atoms with Gasteiger partial charge in [-0.05, 0) is 30.0 Å². The predicted molar refractivity (Wildman–Crippen MR) is 94.8 cm³/mol. The molecule has 0 fully saturated rings. The number of nitrogens with one attached hydrogen (secondary N) is 1. The summed E-state index contributed by atoms with van der Waals surface area (Å²) in [6.45, 7) is 12.1. The topological polar surface area (TPSA) is 69.0 Å². The van der Waals surface area contributed by atoms with Gasteiger partial charge < -0.3 is 4.74 Å². The molecule has 0 saturated carbocycles. The smallest absolute Gasteiger partial charge is 0.352 e. The Labute approximate surface area is 141 Å². The van der Waals surface area contributed by atoms with Crippen molar-refractivity contribution < 1.29 is 4.74 Å². The number of nitrogens with zero attached hydrogens (tertiary/aromatic N) is 2. The fourth-order valence-electron chi connectivity index (χ4n) is 2.91. The van der Waals surface area contributed by atoms with E-state index >= 15 is 0 Å². The molecule has 0 aliphatic heterocycles. The van der Waals surface area contributed by atoms with Crippen molar-refractivity contribution in [2.24, 2.45) is 5.41 Å². The molecule has 1 aromatic carbocycles. The highest BCUT2D eigenvalue weighted by Crippen LogP contribution is 2.31. The Morgan fingerprint density at radius 3 is 2.29 bits per heavy atom. The molecule has 1 heterocycles. The molecule has 0 unspecified atom stereocenters. The summed E-state index contributed by atoms with van der Waals surface area (Å²) in [7, 11) is 1.62. The number of ether oxygens (including phenoxy) is 1. The number of hydrogen-bond acceptors (Lipinski definition) is 3. The van der Waals surface area contributed by atoms with Crippen molar-refractivity contribution in [2.45, 2.75) is 39.8 Å². The first-order chi connectivity index (χ1) is 11.2. The molecule has 0 amide bonds. The number of para-hydroxylation sites is 1. The highest BCUT2D eigenvalue weighted by atomic mass is 16.5. The van der Waals surface area contributed by atoms with Gasteiger partial charge in [0.15, 0.2) is 0 Å². The molecule has 130 valence electrons. The van der Waals surface area contributed by atoms with E-state index in [0.717, 1.165) is 10.1 Å². The first-order valence-electron chi connectivity index (χ1n) is 7.89. The van der Waals surface area contributed by atoms with Gasteiger partial charge in [0, 0.05) is 7.11 Å². The van der Waals surface area contributed by atoms with Crippen molar-refractivity contribution in [3.8, 4) is 5.69 Å². The Balaban J connectivity index is 2.46. The number of benzene rings is 1. The van der Waals surface area contributed by atoms with Crippen molar-refractivity contribution in [3.63, 3.8) is 0 Å². The van der Waals surface area contributed by atoms with Crippen LogP contribution in [0.3, 0.4) is 0 Å². The molecule has 6 nitrogen and oxygen atoms in total. The number of H-pyrrole nitrogens is 1. The average Bonchev–Trinajstić information content (AvgIpc) is 2.81. The van der Waals surface area contributed by atoms with Crippen molar-refractivity contribution in [1.82, 2.24) is 14.3 Å². The van der Waals surface area contributed by atoms with E-state index in [9.17, 15) is 9.59 Å². The van der Waals surface area contributed by atoms with Gasteiger partial charge in [-0.2, -0.15) is 0 Å². The van der Waals surface area contributed by atoms with Gasteiger partial charge >= 0.3 is 11.4 Å². The molecule has 0 saturated heterocycles. The standard InChI is InChI=1S/C18H25N3O3/c1-12(15(24-6)18(3,4)5)13(2)21-17(23)20(16(22)19-21)14-10-8-7-9-11-14/h7-11,13,15H,1H2,2-6H3,(H,19,22)/t13-,15+/m0/s1. The largest absolute Gasteiger partial charge is 0.376 e. The molecule has 0 radical (unpaired) electrons. The van der Waals surface area contributed by atoms with E-state index in [2.05, 4.69) is 11.7 Å². The lowest BCUT2D eigenvalue weighted by Crippen LogP contribution is -2.36. The molecule has 1 aromatic heterocycles. The third-order valence-corrected chi connectivity index (χ3v) is 4.11. The van der Waals surface area contributed by atoms with Crippen LogP contribution >= 0.6 is 0 Å². The molecule has 0 aliphatic rings. The number of rotatable bonds is 5. The van der Waals surface area contributed by atoms with Crippen LogP contribution in [0.25, 0.3) is 5.69 Å². The van der Waals surface area contributed by atoms with Crippen LogP contribution in [0, 0.1) is 5.41 Å². The average molecular weight is 331 g/mol. The number of aromatic amines is 1. The lowest BCUT2D eigenvalue weighted by Gasteiger charge is -2.33. The van der Waals surface area contributed by atoms with Gasteiger partial charge in [0.25, 0.3) is 0 Å². The fraction of sp³-hybridized carbons (Fsp3) is 0.444. The Kier molecular flexibility index (Phi) is 4.99. The van der Waals surface area contributed by atoms with Gasteiger partial charge in [0.1, 0.15) is 0 Å². The first kappa shape index (κ1) is 18.0. The molecule has 1 N–H and O–H groups in total. The molecule has 2 aromatic rings. The number of aromatic nitrogens is 3. The van der Waals surface area contributed by atoms with Crippen molar-refractivity contribution in [2.75, 3.05) is 7.11 Å². The predicted octanol–water partition coefficient (Wildman–Crippen LogP) is 2.51. The van der Waals surface area contributed by atoms with Gasteiger partial charge in [-0.3, -0.25) is 0 Å². The SMILES string of the molecule is C=C([C@@H](OC)C(C)(C)C)[C@H](C)n1[nH]c(=O)n(-c2ccccc2)c1=O. The summed E-state index contributed by atoms with van der Waals surface area (Å²) in [5, 5.41) is 2.62. The Hall–Kier alpha value is -2.34. The van der Waals surface area contributed by atoms with Crippen molar-refractivity contribution in [3.05, 3.63) is 63.5 Å². The van der Waals surface area contributed by atoms with Gasteiger partial charge in [0.2, 0.25) is 0 Å². The van der Waals surface area contributed by atoms with Gasteiger partial charge in [0.05, 0.1) is 17.8 Å². The molecular weight excluding hydrogens is 306 g/mol. The monoisotopic (exact) mass is 331 g/mol. The second-order valence-corrected chi connectivity index (χ2v) is 6.97. The second-order valence-electron chi connectivity index (χ2n) is 6.97. The maximum absolute atomic E-state index is 12.7. The zero-order valence-electron chi connectivity index (χ0n) is 14.9. The van der Waals surface area contributed by atoms with Crippen molar-refractivity contribution >= 4 is 0 Å². The lowest BCUT2D eigenvalue weighted by molar-refractivity contribution is 0.0380. The van der Waals surface area contributed by atoms with E-state index in [4.69, 9.17) is 4.74 Å². The third kappa shape index (κ3) is 3.28. The normalized spacial score (nSPS) is 14.4. The first-order valence-corrected chi connectivity index (χ1v) is 7.89. The fourth-order valence-corrected chi connectivity index (χ4v) is 2.91. The maximum Gasteiger partial charge on any atom is 0.352 e. The van der Waals surface area contributed by atoms with E-state index in [1.807, 2.05) is 33.8 Å².